The average Bonchev–Trinajstić information content (AvgIpc) is 3.09. The van der Waals surface area contributed by atoms with Crippen molar-refractivity contribution < 1.29 is 8.78 Å². The number of halogens is 3. The van der Waals surface area contributed by atoms with Crippen LogP contribution < -0.4 is 5.32 Å². The highest BCUT2D eigenvalue weighted by atomic mass is 127. The van der Waals surface area contributed by atoms with Crippen molar-refractivity contribution >= 4 is 35.6 Å². The molecule has 0 spiro atoms. The second-order valence-electron chi connectivity index (χ2n) is 5.71. The number of anilines is 1. The van der Waals surface area contributed by atoms with Gasteiger partial charge in [0.15, 0.2) is 5.96 Å². The average molecular weight is 461 g/mol. The van der Waals surface area contributed by atoms with Crippen molar-refractivity contribution in [3.05, 3.63) is 48.5 Å². The van der Waals surface area contributed by atoms with Gasteiger partial charge in [0.05, 0.1) is 0 Å². The standard InChI is InChI=1S/C17H21F2N5.HI/c18-16(19)24-12-9-20-15(24)13-21-17(23-10-5-2-6-11-23)22-14-7-3-1-4-8-14;/h1,3-4,7-9,12,16H,2,5-6,10-11,13H2,(H,21,22);1H. The summed E-state index contributed by atoms with van der Waals surface area (Å²) in [5.41, 5.74) is 0.930. The maximum absolute atomic E-state index is 12.9. The van der Waals surface area contributed by atoms with Crippen LogP contribution in [0.25, 0.3) is 0 Å². The van der Waals surface area contributed by atoms with E-state index in [1.807, 2.05) is 30.3 Å². The zero-order valence-electron chi connectivity index (χ0n) is 13.8. The van der Waals surface area contributed by atoms with Gasteiger partial charge in [0.2, 0.25) is 0 Å². The topological polar surface area (TPSA) is 45.5 Å². The molecule has 1 aliphatic heterocycles. The second kappa shape index (κ2) is 9.69. The van der Waals surface area contributed by atoms with Crippen molar-refractivity contribution in [1.29, 1.82) is 0 Å². The fourth-order valence-electron chi connectivity index (χ4n) is 2.76. The number of piperidine rings is 1. The van der Waals surface area contributed by atoms with E-state index >= 15 is 0 Å². The molecular formula is C17H22F2IN5. The summed E-state index contributed by atoms with van der Waals surface area (Å²) in [6, 6.07) is 9.75. The van der Waals surface area contributed by atoms with Crippen molar-refractivity contribution in [3.8, 4) is 0 Å². The van der Waals surface area contributed by atoms with E-state index in [2.05, 4.69) is 20.2 Å². The van der Waals surface area contributed by atoms with E-state index in [1.54, 1.807) is 0 Å². The zero-order valence-corrected chi connectivity index (χ0v) is 16.1. The van der Waals surface area contributed by atoms with Crippen LogP contribution in [0.5, 0.6) is 0 Å². The van der Waals surface area contributed by atoms with Gasteiger partial charge in [-0.1, -0.05) is 18.2 Å². The maximum Gasteiger partial charge on any atom is 0.319 e. The summed E-state index contributed by atoms with van der Waals surface area (Å²) in [6.45, 7) is -0.648. The Morgan fingerprint density at radius 1 is 1.16 bits per heavy atom. The van der Waals surface area contributed by atoms with Gasteiger partial charge in [-0.2, -0.15) is 8.78 Å². The number of nitrogens with zero attached hydrogens (tertiary/aromatic N) is 4. The first-order valence-corrected chi connectivity index (χ1v) is 8.15. The van der Waals surface area contributed by atoms with E-state index in [9.17, 15) is 8.78 Å². The van der Waals surface area contributed by atoms with Crippen LogP contribution in [0.4, 0.5) is 14.5 Å². The van der Waals surface area contributed by atoms with Crippen molar-refractivity contribution in [2.45, 2.75) is 32.4 Å². The van der Waals surface area contributed by atoms with Gasteiger partial charge in [0.25, 0.3) is 0 Å². The minimum absolute atomic E-state index is 0. The van der Waals surface area contributed by atoms with Gasteiger partial charge in [-0.15, -0.1) is 24.0 Å². The molecule has 2 heterocycles. The van der Waals surface area contributed by atoms with Gasteiger partial charge < -0.3 is 10.2 Å². The first-order chi connectivity index (χ1) is 11.7. The predicted molar refractivity (Wildman–Crippen MR) is 106 cm³/mol. The Balaban J connectivity index is 0.00000225. The number of imidazole rings is 1. The fraction of sp³-hybridized carbons (Fsp3) is 0.412. The van der Waals surface area contributed by atoms with Crippen LogP contribution in [0, 0.1) is 0 Å². The number of aromatic nitrogens is 2. The highest BCUT2D eigenvalue weighted by molar-refractivity contribution is 14.0. The molecule has 8 heteroatoms. The molecule has 0 amide bonds. The van der Waals surface area contributed by atoms with Gasteiger partial charge in [0, 0.05) is 31.2 Å². The Bertz CT molecular complexity index is 669. The van der Waals surface area contributed by atoms with Crippen LogP contribution in [0.1, 0.15) is 31.6 Å². The molecule has 1 aromatic heterocycles. The lowest BCUT2D eigenvalue weighted by Crippen LogP contribution is -2.40. The molecule has 1 fully saturated rings. The lowest BCUT2D eigenvalue weighted by atomic mass is 10.1. The van der Waals surface area contributed by atoms with Crippen LogP contribution in [-0.4, -0.2) is 33.5 Å². The number of nitrogens with one attached hydrogen (secondary N) is 1. The van der Waals surface area contributed by atoms with Gasteiger partial charge in [0.1, 0.15) is 12.4 Å². The monoisotopic (exact) mass is 461 g/mol. The minimum Gasteiger partial charge on any atom is -0.343 e. The number of likely N-dealkylation sites (tertiary alicyclic amines) is 1. The molecular weight excluding hydrogens is 439 g/mol. The van der Waals surface area contributed by atoms with E-state index in [4.69, 9.17) is 0 Å². The van der Waals surface area contributed by atoms with E-state index < -0.39 is 6.55 Å². The van der Waals surface area contributed by atoms with Gasteiger partial charge in [-0.3, -0.25) is 4.57 Å². The molecule has 25 heavy (non-hydrogen) atoms. The van der Waals surface area contributed by atoms with Crippen LogP contribution in [0.2, 0.25) is 0 Å². The number of para-hydroxylation sites is 1. The third-order valence-electron chi connectivity index (χ3n) is 4.01. The quantitative estimate of drug-likeness (QED) is 0.419. The zero-order chi connectivity index (χ0) is 16.8. The first-order valence-electron chi connectivity index (χ1n) is 8.15. The van der Waals surface area contributed by atoms with Crippen LogP contribution >= 0.6 is 24.0 Å². The van der Waals surface area contributed by atoms with Gasteiger partial charge >= 0.3 is 6.55 Å². The Hall–Kier alpha value is -1.71. The summed E-state index contributed by atoms with van der Waals surface area (Å²) in [5, 5.41) is 3.31. The van der Waals surface area contributed by atoms with Crippen LogP contribution in [0.15, 0.2) is 47.7 Å². The summed E-state index contributed by atoms with van der Waals surface area (Å²) in [5.74, 6) is 0.971. The molecule has 0 bridgehead atoms. The van der Waals surface area contributed by atoms with E-state index in [0.29, 0.717) is 5.96 Å². The first kappa shape index (κ1) is 19.6. The van der Waals surface area contributed by atoms with E-state index in [1.165, 1.54) is 18.8 Å². The SMILES string of the molecule is FC(F)n1ccnc1CN=C(Nc1ccccc1)N1CCCCC1.I. The highest BCUT2D eigenvalue weighted by Crippen LogP contribution is 2.15. The number of hydrogen-bond donors (Lipinski definition) is 1. The van der Waals surface area contributed by atoms with Crippen molar-refractivity contribution in [3.63, 3.8) is 0 Å². The van der Waals surface area contributed by atoms with Gasteiger partial charge in [-0.05, 0) is 31.4 Å². The van der Waals surface area contributed by atoms with Crippen LogP contribution in [-0.2, 0) is 6.54 Å². The third kappa shape index (κ3) is 5.38. The summed E-state index contributed by atoms with van der Waals surface area (Å²) >= 11 is 0. The predicted octanol–water partition coefficient (Wildman–Crippen LogP) is 4.35. The maximum atomic E-state index is 12.9. The number of aliphatic imine (C=N–C) groups is 1. The fourth-order valence-corrected chi connectivity index (χ4v) is 2.76. The van der Waals surface area contributed by atoms with Crippen molar-refractivity contribution in [2.24, 2.45) is 4.99 Å². The molecule has 3 rings (SSSR count). The Morgan fingerprint density at radius 3 is 2.56 bits per heavy atom. The second-order valence-corrected chi connectivity index (χ2v) is 5.71. The number of rotatable bonds is 4. The van der Waals surface area contributed by atoms with Crippen molar-refractivity contribution in [2.75, 3.05) is 18.4 Å². The van der Waals surface area contributed by atoms with Crippen molar-refractivity contribution in [1.82, 2.24) is 14.5 Å². The Labute approximate surface area is 163 Å². The number of hydrogen-bond acceptors (Lipinski definition) is 2. The smallest absolute Gasteiger partial charge is 0.319 e. The molecule has 5 nitrogen and oxygen atoms in total. The van der Waals surface area contributed by atoms with E-state index in [0.717, 1.165) is 36.2 Å². The highest BCUT2D eigenvalue weighted by Gasteiger charge is 2.16. The van der Waals surface area contributed by atoms with Gasteiger partial charge in [-0.25, -0.2) is 9.98 Å². The summed E-state index contributed by atoms with van der Waals surface area (Å²) in [4.78, 5) is 10.7. The lowest BCUT2D eigenvalue weighted by molar-refractivity contribution is 0.0671. The molecule has 1 N–H and O–H groups in total. The molecule has 0 aliphatic carbocycles. The molecule has 1 aromatic carbocycles. The third-order valence-corrected chi connectivity index (χ3v) is 4.01. The lowest BCUT2D eigenvalue weighted by Gasteiger charge is -2.30. The molecule has 1 aliphatic rings. The largest absolute Gasteiger partial charge is 0.343 e. The number of benzene rings is 1. The molecule has 136 valence electrons. The normalized spacial score (nSPS) is 15.2. The van der Waals surface area contributed by atoms with Crippen LogP contribution in [0.3, 0.4) is 0 Å². The Kier molecular flexibility index (Phi) is 7.60. The Morgan fingerprint density at radius 2 is 1.88 bits per heavy atom. The number of alkyl halides is 2. The molecule has 0 atom stereocenters. The number of guanidine groups is 1. The van der Waals surface area contributed by atoms with E-state index in [-0.39, 0.29) is 36.3 Å². The summed E-state index contributed by atoms with van der Waals surface area (Å²) < 4.78 is 26.7. The summed E-state index contributed by atoms with van der Waals surface area (Å²) in [6.07, 6.45) is 6.09. The molecule has 2 aromatic rings. The minimum atomic E-state index is -2.60. The molecule has 1 saturated heterocycles. The molecule has 0 unspecified atom stereocenters. The molecule has 0 saturated carbocycles. The molecule has 0 radical (unpaired) electrons. The summed E-state index contributed by atoms with van der Waals surface area (Å²) in [7, 11) is 0.